The van der Waals surface area contributed by atoms with Crippen LogP contribution in [0.3, 0.4) is 0 Å². The van der Waals surface area contributed by atoms with E-state index < -0.39 is 0 Å². The molecule has 0 aliphatic heterocycles. The fourth-order valence-electron chi connectivity index (χ4n) is 8.24. The maximum atomic E-state index is 5.44. The second-order valence-corrected chi connectivity index (χ2v) is 15.3. The van der Waals surface area contributed by atoms with E-state index in [4.69, 9.17) is 19.9 Å². The van der Waals surface area contributed by atoms with Crippen LogP contribution >= 0.6 is 11.3 Å². The predicted molar refractivity (Wildman–Crippen MR) is 233 cm³/mol. The molecule has 0 N–H and O–H groups in total. The molecule has 0 saturated carbocycles. The standard InChI is InChI=1S/C50H29N5S/c1-2-13-34(14-3-1)47-52-48(54-49(53-47)37-23-18-30-10-4-5-15-36(30)28-37)35-21-19-33(20-22-35)43-29-41-40-26-24-32-12-7-9-17-39(32)45(40)56-46(41)50-51-44-38-16-8-6-11-31(38)25-27-42(44)55(43)50/h1-29H. The molecule has 260 valence electrons. The lowest BCUT2D eigenvalue weighted by molar-refractivity contribution is 1.07. The van der Waals surface area contributed by atoms with Gasteiger partial charge < -0.3 is 0 Å². The van der Waals surface area contributed by atoms with E-state index in [1.54, 1.807) is 0 Å². The maximum absolute atomic E-state index is 5.44. The Bertz CT molecular complexity index is 3530. The smallest absolute Gasteiger partial charge is 0.164 e. The van der Waals surface area contributed by atoms with Gasteiger partial charge in [0.2, 0.25) is 0 Å². The molecule has 6 heteroatoms. The van der Waals surface area contributed by atoms with E-state index >= 15 is 0 Å². The molecule has 56 heavy (non-hydrogen) atoms. The average molecular weight is 732 g/mol. The molecule has 0 radical (unpaired) electrons. The van der Waals surface area contributed by atoms with E-state index in [-0.39, 0.29) is 0 Å². The van der Waals surface area contributed by atoms with Gasteiger partial charge in [-0.1, -0.05) is 158 Å². The molecule has 0 aliphatic rings. The molecular formula is C50H29N5S. The molecule has 12 aromatic rings. The van der Waals surface area contributed by atoms with Crippen molar-refractivity contribution < 1.29 is 0 Å². The SMILES string of the molecule is c1ccc(-c2nc(-c3ccc(-c4cc5c6ccc7ccccc7c6sc5c5nc6c7ccccc7ccc6n45)cc3)nc(-c3ccc4ccccc4c3)n2)cc1. The van der Waals surface area contributed by atoms with Crippen LogP contribution in [0.25, 0.3) is 115 Å². The van der Waals surface area contributed by atoms with Crippen LogP contribution in [-0.2, 0) is 0 Å². The first-order valence-corrected chi connectivity index (χ1v) is 19.5. The van der Waals surface area contributed by atoms with Gasteiger partial charge in [-0.05, 0) is 50.7 Å². The summed E-state index contributed by atoms with van der Waals surface area (Å²) in [5, 5.41) is 9.64. The van der Waals surface area contributed by atoms with E-state index in [9.17, 15) is 0 Å². The second kappa shape index (κ2) is 12.1. The lowest BCUT2D eigenvalue weighted by Crippen LogP contribution is -2.00. The highest BCUT2D eigenvalue weighted by Gasteiger charge is 2.20. The monoisotopic (exact) mass is 731 g/mol. The van der Waals surface area contributed by atoms with E-state index in [2.05, 4.69) is 150 Å². The summed E-state index contributed by atoms with van der Waals surface area (Å²) in [5.41, 5.74) is 8.06. The first-order chi connectivity index (χ1) is 27.7. The number of aromatic nitrogens is 5. The normalized spacial score (nSPS) is 11.9. The van der Waals surface area contributed by atoms with Crippen molar-refractivity contribution in [2.24, 2.45) is 0 Å². The fourth-order valence-corrected chi connectivity index (χ4v) is 9.54. The summed E-state index contributed by atoms with van der Waals surface area (Å²) in [4.78, 5) is 20.5. The van der Waals surface area contributed by atoms with Crippen molar-refractivity contribution in [3.8, 4) is 45.4 Å². The van der Waals surface area contributed by atoms with Gasteiger partial charge in [-0.25, -0.2) is 19.9 Å². The molecule has 0 spiro atoms. The summed E-state index contributed by atoms with van der Waals surface area (Å²) in [6, 6.07) is 62.0. The summed E-state index contributed by atoms with van der Waals surface area (Å²) < 4.78 is 4.83. The van der Waals surface area contributed by atoms with Crippen molar-refractivity contribution in [1.29, 1.82) is 0 Å². The first-order valence-electron chi connectivity index (χ1n) is 18.7. The molecule has 0 amide bonds. The van der Waals surface area contributed by atoms with Gasteiger partial charge in [0, 0.05) is 37.5 Å². The molecule has 0 aliphatic carbocycles. The Morgan fingerprint density at radius 3 is 1.71 bits per heavy atom. The van der Waals surface area contributed by atoms with Crippen LogP contribution in [0.1, 0.15) is 0 Å². The molecule has 0 bridgehead atoms. The number of thiophene rings is 1. The van der Waals surface area contributed by atoms with Gasteiger partial charge in [0.25, 0.3) is 0 Å². The van der Waals surface area contributed by atoms with E-state index in [0.29, 0.717) is 17.5 Å². The molecule has 8 aromatic carbocycles. The average Bonchev–Trinajstić information content (AvgIpc) is 3.86. The lowest BCUT2D eigenvalue weighted by atomic mass is 10.0. The quantitative estimate of drug-likeness (QED) is 0.181. The van der Waals surface area contributed by atoms with Gasteiger partial charge in [-0.15, -0.1) is 11.3 Å². The third-order valence-corrected chi connectivity index (χ3v) is 12.3. The number of hydrogen-bond donors (Lipinski definition) is 0. The van der Waals surface area contributed by atoms with Crippen LogP contribution in [0, 0.1) is 0 Å². The second-order valence-electron chi connectivity index (χ2n) is 14.3. The van der Waals surface area contributed by atoms with Crippen molar-refractivity contribution in [3.05, 3.63) is 176 Å². The van der Waals surface area contributed by atoms with Crippen LogP contribution in [-0.4, -0.2) is 24.3 Å². The largest absolute Gasteiger partial charge is 0.291 e. The van der Waals surface area contributed by atoms with Crippen molar-refractivity contribution in [3.63, 3.8) is 0 Å². The van der Waals surface area contributed by atoms with E-state index in [0.717, 1.165) is 55.4 Å². The van der Waals surface area contributed by atoms with Gasteiger partial charge >= 0.3 is 0 Å². The van der Waals surface area contributed by atoms with Crippen LogP contribution < -0.4 is 0 Å². The highest BCUT2D eigenvalue weighted by atomic mass is 32.1. The Morgan fingerprint density at radius 1 is 0.357 bits per heavy atom. The summed E-state index contributed by atoms with van der Waals surface area (Å²) in [5.74, 6) is 1.91. The van der Waals surface area contributed by atoms with Crippen molar-refractivity contribution >= 4 is 80.5 Å². The zero-order chi connectivity index (χ0) is 36.7. The van der Waals surface area contributed by atoms with Crippen molar-refractivity contribution in [2.75, 3.05) is 0 Å². The number of pyridine rings is 1. The molecular weight excluding hydrogens is 703 g/mol. The minimum atomic E-state index is 0.629. The third kappa shape index (κ3) is 4.79. The highest BCUT2D eigenvalue weighted by molar-refractivity contribution is 7.27. The minimum absolute atomic E-state index is 0.629. The molecule has 0 saturated heterocycles. The lowest BCUT2D eigenvalue weighted by Gasteiger charge is -2.11. The Balaban J connectivity index is 1.07. The van der Waals surface area contributed by atoms with Gasteiger partial charge in [0.1, 0.15) is 0 Å². The van der Waals surface area contributed by atoms with Crippen LogP contribution in [0.2, 0.25) is 0 Å². The molecule has 4 aromatic heterocycles. The third-order valence-electron chi connectivity index (χ3n) is 11.0. The minimum Gasteiger partial charge on any atom is -0.291 e. The maximum Gasteiger partial charge on any atom is 0.164 e. The summed E-state index contributed by atoms with van der Waals surface area (Å²) >= 11 is 1.84. The molecule has 0 fully saturated rings. The van der Waals surface area contributed by atoms with E-state index in [1.165, 1.54) is 41.7 Å². The van der Waals surface area contributed by atoms with Crippen molar-refractivity contribution in [2.45, 2.75) is 0 Å². The van der Waals surface area contributed by atoms with Crippen LogP contribution in [0.4, 0.5) is 0 Å². The van der Waals surface area contributed by atoms with Gasteiger partial charge in [0.15, 0.2) is 23.1 Å². The molecule has 12 rings (SSSR count). The predicted octanol–water partition coefficient (Wildman–Crippen LogP) is 13.2. The van der Waals surface area contributed by atoms with E-state index in [1.807, 2.05) is 41.7 Å². The number of nitrogens with zero attached hydrogens (tertiary/aromatic N) is 5. The summed E-state index contributed by atoms with van der Waals surface area (Å²) in [7, 11) is 0. The molecule has 0 unspecified atom stereocenters. The number of hydrogen-bond acceptors (Lipinski definition) is 5. The van der Waals surface area contributed by atoms with Gasteiger partial charge in [-0.2, -0.15) is 0 Å². The Kier molecular flexibility index (Phi) is 6.73. The van der Waals surface area contributed by atoms with Gasteiger partial charge in [-0.3, -0.25) is 4.40 Å². The summed E-state index contributed by atoms with van der Waals surface area (Å²) in [6.07, 6.45) is 0. The van der Waals surface area contributed by atoms with Crippen molar-refractivity contribution in [1.82, 2.24) is 24.3 Å². The van der Waals surface area contributed by atoms with Crippen LogP contribution in [0.5, 0.6) is 0 Å². The molecule has 4 heterocycles. The molecule has 5 nitrogen and oxygen atoms in total. The number of rotatable bonds is 4. The Hall–Kier alpha value is -7.28. The van der Waals surface area contributed by atoms with Crippen LogP contribution in [0.15, 0.2) is 176 Å². The number of benzene rings is 8. The Labute approximate surface area is 324 Å². The zero-order valence-electron chi connectivity index (χ0n) is 29.9. The number of imidazole rings is 1. The fraction of sp³-hybridized carbons (Fsp3) is 0. The highest BCUT2D eigenvalue weighted by Crippen LogP contribution is 2.44. The zero-order valence-corrected chi connectivity index (χ0v) is 30.7. The number of fused-ring (bicyclic) bond motifs is 12. The first kappa shape index (κ1) is 31.1. The topological polar surface area (TPSA) is 56.0 Å². The van der Waals surface area contributed by atoms with Gasteiger partial charge in [0.05, 0.1) is 21.4 Å². The summed E-state index contributed by atoms with van der Waals surface area (Å²) in [6.45, 7) is 0. The molecule has 0 atom stereocenters. The Morgan fingerprint density at radius 2 is 0.929 bits per heavy atom.